The first kappa shape index (κ1) is 11.0. The molecule has 1 aromatic carbocycles. The van der Waals surface area contributed by atoms with Crippen molar-refractivity contribution in [3.63, 3.8) is 0 Å². The number of hydrogen-bond acceptors (Lipinski definition) is 3. The Balaban J connectivity index is 2.21. The summed E-state index contributed by atoms with van der Waals surface area (Å²) in [6, 6.07) is 10.8. The van der Waals surface area contributed by atoms with Crippen LogP contribution in [0.4, 0.5) is 0 Å². The van der Waals surface area contributed by atoms with Crippen LogP contribution in [0.15, 0.2) is 53.3 Å². The molecule has 2 aromatic heterocycles. The number of nitrogens with zero attached hydrogens (tertiary/aromatic N) is 1. The van der Waals surface area contributed by atoms with Crippen molar-refractivity contribution in [2.75, 3.05) is 0 Å². The molecule has 0 amide bonds. The molecule has 0 unspecified atom stereocenters. The van der Waals surface area contributed by atoms with Gasteiger partial charge in [0.1, 0.15) is 0 Å². The highest BCUT2D eigenvalue weighted by atomic mass is 35.5. The second-order valence-corrected chi connectivity index (χ2v) is 4.16. The average molecular weight is 258 g/mol. The molecule has 0 atom stereocenters. The molecule has 3 aromatic rings. The molecule has 0 N–H and O–H groups in total. The smallest absolute Gasteiger partial charge is 0.204 e. The Morgan fingerprint density at radius 2 is 1.94 bits per heavy atom. The van der Waals surface area contributed by atoms with E-state index in [2.05, 4.69) is 4.98 Å². The standard InChI is InChI=1S/C14H8ClNO2/c15-14-11(6-8-18-14)13(17)10-5-1-3-9-4-2-7-16-12(9)10/h1-8H. The molecule has 18 heavy (non-hydrogen) atoms. The third-order valence-electron chi connectivity index (χ3n) is 2.74. The summed E-state index contributed by atoms with van der Waals surface area (Å²) in [6.45, 7) is 0. The number of carbonyl (C=O) groups excluding carboxylic acids is 1. The van der Waals surface area contributed by atoms with Crippen molar-refractivity contribution >= 4 is 28.3 Å². The summed E-state index contributed by atoms with van der Waals surface area (Å²) >= 11 is 5.83. The van der Waals surface area contributed by atoms with Crippen molar-refractivity contribution in [1.29, 1.82) is 0 Å². The van der Waals surface area contributed by atoms with Gasteiger partial charge in [0, 0.05) is 17.1 Å². The number of furan rings is 1. The van der Waals surface area contributed by atoms with E-state index in [-0.39, 0.29) is 11.0 Å². The Morgan fingerprint density at radius 1 is 1.11 bits per heavy atom. The van der Waals surface area contributed by atoms with Gasteiger partial charge in [-0.2, -0.15) is 0 Å². The van der Waals surface area contributed by atoms with Crippen LogP contribution in [0.5, 0.6) is 0 Å². The van der Waals surface area contributed by atoms with Gasteiger partial charge >= 0.3 is 0 Å². The number of benzene rings is 1. The number of rotatable bonds is 2. The molecule has 0 radical (unpaired) electrons. The highest BCUT2D eigenvalue weighted by Gasteiger charge is 2.17. The molecule has 4 heteroatoms. The number of aromatic nitrogens is 1. The Labute approximate surface area is 108 Å². The molecule has 0 aliphatic carbocycles. The quantitative estimate of drug-likeness (QED) is 0.657. The largest absolute Gasteiger partial charge is 0.452 e. The third-order valence-corrected chi connectivity index (χ3v) is 3.03. The maximum absolute atomic E-state index is 12.4. The fraction of sp³-hybridized carbons (Fsp3) is 0. The lowest BCUT2D eigenvalue weighted by atomic mass is 10.0. The Bertz CT molecular complexity index is 728. The van der Waals surface area contributed by atoms with Crippen molar-refractivity contribution in [2.45, 2.75) is 0 Å². The van der Waals surface area contributed by atoms with E-state index >= 15 is 0 Å². The summed E-state index contributed by atoms with van der Waals surface area (Å²) in [7, 11) is 0. The van der Waals surface area contributed by atoms with E-state index in [0.29, 0.717) is 16.6 Å². The second kappa shape index (κ2) is 4.27. The second-order valence-electron chi connectivity index (χ2n) is 3.82. The van der Waals surface area contributed by atoms with Crippen LogP contribution in [0.2, 0.25) is 5.22 Å². The number of hydrogen-bond donors (Lipinski definition) is 0. The number of pyridine rings is 1. The molecule has 3 rings (SSSR count). The Kier molecular flexibility index (Phi) is 2.61. The van der Waals surface area contributed by atoms with Crippen molar-refractivity contribution in [3.8, 4) is 0 Å². The molecule has 3 nitrogen and oxygen atoms in total. The van der Waals surface area contributed by atoms with Gasteiger partial charge in [-0.15, -0.1) is 0 Å². The summed E-state index contributed by atoms with van der Waals surface area (Å²) in [5.74, 6) is -0.182. The predicted octanol–water partition coefficient (Wildman–Crippen LogP) is 3.71. The molecule has 88 valence electrons. The number of ketones is 1. The highest BCUT2D eigenvalue weighted by Crippen LogP contribution is 2.24. The van der Waals surface area contributed by atoms with E-state index in [1.165, 1.54) is 6.26 Å². The zero-order chi connectivity index (χ0) is 12.5. The third kappa shape index (κ3) is 1.69. The van der Waals surface area contributed by atoms with Crippen LogP contribution in [0.3, 0.4) is 0 Å². The van der Waals surface area contributed by atoms with E-state index in [9.17, 15) is 4.79 Å². The molecule has 2 heterocycles. The topological polar surface area (TPSA) is 43.1 Å². The summed E-state index contributed by atoms with van der Waals surface area (Å²) < 4.78 is 4.94. The monoisotopic (exact) mass is 257 g/mol. The minimum Gasteiger partial charge on any atom is -0.452 e. The average Bonchev–Trinajstić information content (AvgIpc) is 2.83. The van der Waals surface area contributed by atoms with Crippen LogP contribution in [0.25, 0.3) is 10.9 Å². The maximum Gasteiger partial charge on any atom is 0.204 e. The SMILES string of the molecule is O=C(c1ccoc1Cl)c1cccc2cccnc12. The van der Waals surface area contributed by atoms with Gasteiger partial charge in [0.25, 0.3) is 0 Å². The summed E-state index contributed by atoms with van der Waals surface area (Å²) in [5.41, 5.74) is 1.55. The summed E-state index contributed by atoms with van der Waals surface area (Å²) in [5, 5.41) is 1.02. The van der Waals surface area contributed by atoms with Crippen molar-refractivity contribution in [1.82, 2.24) is 4.98 Å². The molecule has 0 aliphatic heterocycles. The zero-order valence-electron chi connectivity index (χ0n) is 9.26. The van der Waals surface area contributed by atoms with Gasteiger partial charge in [0.2, 0.25) is 5.22 Å². The van der Waals surface area contributed by atoms with Gasteiger partial charge in [-0.1, -0.05) is 18.2 Å². The number of halogens is 1. The van der Waals surface area contributed by atoms with Gasteiger partial charge in [0.05, 0.1) is 17.3 Å². The van der Waals surface area contributed by atoms with Crippen LogP contribution in [-0.4, -0.2) is 10.8 Å². The molecule has 0 fully saturated rings. The summed E-state index contributed by atoms with van der Waals surface area (Å²) in [6.07, 6.45) is 3.06. The van der Waals surface area contributed by atoms with Gasteiger partial charge in [-0.3, -0.25) is 9.78 Å². The van der Waals surface area contributed by atoms with Crippen LogP contribution in [0.1, 0.15) is 15.9 Å². The first-order valence-electron chi connectivity index (χ1n) is 5.39. The van der Waals surface area contributed by atoms with E-state index in [0.717, 1.165) is 5.39 Å². The molecule has 0 spiro atoms. The molecular formula is C14H8ClNO2. The fourth-order valence-electron chi connectivity index (χ4n) is 1.89. The van der Waals surface area contributed by atoms with Crippen LogP contribution in [0, 0.1) is 0 Å². The summed E-state index contributed by atoms with van der Waals surface area (Å²) in [4.78, 5) is 16.6. The van der Waals surface area contributed by atoms with Crippen LogP contribution >= 0.6 is 11.6 Å². The first-order chi connectivity index (χ1) is 8.77. The normalized spacial score (nSPS) is 10.7. The highest BCUT2D eigenvalue weighted by molar-refractivity contribution is 6.33. The van der Waals surface area contributed by atoms with Crippen LogP contribution < -0.4 is 0 Å². The van der Waals surface area contributed by atoms with Crippen LogP contribution in [-0.2, 0) is 0 Å². The van der Waals surface area contributed by atoms with E-state index in [4.69, 9.17) is 16.0 Å². The molecular weight excluding hydrogens is 250 g/mol. The number of carbonyl (C=O) groups is 1. The van der Waals surface area contributed by atoms with E-state index < -0.39 is 0 Å². The van der Waals surface area contributed by atoms with Gasteiger partial charge in [-0.05, 0) is 29.8 Å². The lowest BCUT2D eigenvalue weighted by Crippen LogP contribution is -2.02. The minimum absolute atomic E-state index is 0.105. The maximum atomic E-state index is 12.4. The van der Waals surface area contributed by atoms with Crippen molar-refractivity contribution in [2.24, 2.45) is 0 Å². The van der Waals surface area contributed by atoms with Gasteiger partial charge in [0.15, 0.2) is 5.78 Å². The molecule has 0 bridgehead atoms. The Hall–Kier alpha value is -2.13. The van der Waals surface area contributed by atoms with Crippen molar-refractivity contribution < 1.29 is 9.21 Å². The zero-order valence-corrected chi connectivity index (χ0v) is 10.0. The Morgan fingerprint density at radius 3 is 2.72 bits per heavy atom. The molecule has 0 saturated heterocycles. The molecule has 0 aliphatic rings. The predicted molar refractivity (Wildman–Crippen MR) is 68.9 cm³/mol. The molecule has 0 saturated carbocycles. The fourth-order valence-corrected chi connectivity index (χ4v) is 2.09. The lowest BCUT2D eigenvalue weighted by molar-refractivity contribution is 0.103. The number of fused-ring (bicyclic) bond motifs is 1. The van der Waals surface area contributed by atoms with E-state index in [1.807, 2.05) is 24.3 Å². The van der Waals surface area contributed by atoms with Gasteiger partial charge in [-0.25, -0.2) is 0 Å². The minimum atomic E-state index is -0.182. The van der Waals surface area contributed by atoms with E-state index in [1.54, 1.807) is 18.3 Å². The number of para-hydroxylation sites is 1. The van der Waals surface area contributed by atoms with Crippen molar-refractivity contribution in [3.05, 3.63) is 65.2 Å². The first-order valence-corrected chi connectivity index (χ1v) is 5.76. The lowest BCUT2D eigenvalue weighted by Gasteiger charge is -2.03. The van der Waals surface area contributed by atoms with Gasteiger partial charge < -0.3 is 4.42 Å².